The zero-order chi connectivity index (χ0) is 22.1. The molecule has 156 valence electrons. The number of nitrogens with one attached hydrogen (secondary N) is 1. The summed E-state index contributed by atoms with van der Waals surface area (Å²) in [5.74, 6) is 0.712. The van der Waals surface area contributed by atoms with E-state index in [1.807, 2.05) is 55.5 Å². The maximum Gasteiger partial charge on any atom is 0.255 e. The van der Waals surface area contributed by atoms with Gasteiger partial charge in [0, 0.05) is 5.69 Å². The highest BCUT2D eigenvalue weighted by Crippen LogP contribution is 2.46. The maximum absolute atomic E-state index is 13.4. The lowest BCUT2D eigenvalue weighted by atomic mass is 9.93. The van der Waals surface area contributed by atoms with Crippen LogP contribution in [0.1, 0.15) is 24.1 Å². The van der Waals surface area contributed by atoms with Crippen LogP contribution in [0.2, 0.25) is 0 Å². The molecule has 2 heterocycles. The number of thioether (sulfide) groups is 1. The Labute approximate surface area is 184 Å². The predicted octanol–water partition coefficient (Wildman–Crippen LogP) is 4.03. The van der Waals surface area contributed by atoms with Crippen molar-refractivity contribution >= 4 is 28.5 Å². The molecule has 2 aliphatic rings. The van der Waals surface area contributed by atoms with Crippen LogP contribution in [0.15, 0.2) is 75.5 Å². The fourth-order valence-corrected chi connectivity index (χ4v) is 4.59. The van der Waals surface area contributed by atoms with E-state index in [0.29, 0.717) is 32.8 Å². The number of carbonyl (C=O) groups is 1. The number of fused-ring (bicyclic) bond motifs is 1. The number of anilines is 1. The van der Waals surface area contributed by atoms with Gasteiger partial charge >= 0.3 is 0 Å². The van der Waals surface area contributed by atoms with Gasteiger partial charge in [0.15, 0.2) is 5.17 Å². The van der Waals surface area contributed by atoms with E-state index < -0.39 is 6.04 Å². The van der Waals surface area contributed by atoms with Crippen molar-refractivity contribution in [2.75, 3.05) is 12.4 Å². The molecule has 3 N–H and O–H groups in total. The smallest absolute Gasteiger partial charge is 0.255 e. The van der Waals surface area contributed by atoms with Gasteiger partial charge in [-0.15, -0.1) is 0 Å². The van der Waals surface area contributed by atoms with Gasteiger partial charge in [-0.2, -0.15) is 5.26 Å². The molecule has 8 heteroatoms. The average molecular weight is 432 g/mol. The molecule has 1 atom stereocenters. The summed E-state index contributed by atoms with van der Waals surface area (Å²) < 4.78 is 5.51. The molecule has 31 heavy (non-hydrogen) atoms. The molecule has 1 amide bonds. The van der Waals surface area contributed by atoms with Crippen LogP contribution in [-0.4, -0.2) is 23.1 Å². The lowest BCUT2D eigenvalue weighted by Crippen LogP contribution is -2.39. The van der Waals surface area contributed by atoms with Crippen molar-refractivity contribution < 1.29 is 9.53 Å². The zero-order valence-corrected chi connectivity index (χ0v) is 18.2. The van der Waals surface area contributed by atoms with E-state index in [0.717, 1.165) is 11.1 Å². The number of rotatable bonds is 4. The van der Waals surface area contributed by atoms with Gasteiger partial charge in [0.25, 0.3) is 5.91 Å². The normalized spacial score (nSPS) is 17.8. The van der Waals surface area contributed by atoms with Crippen LogP contribution in [0.5, 0.6) is 5.75 Å². The fourth-order valence-electron chi connectivity index (χ4n) is 3.67. The van der Waals surface area contributed by atoms with Crippen molar-refractivity contribution in [3.63, 3.8) is 0 Å². The number of hydrogen-bond acceptors (Lipinski definition) is 7. The molecule has 0 bridgehead atoms. The second-order valence-electron chi connectivity index (χ2n) is 7.14. The minimum Gasteiger partial charge on any atom is -0.496 e. The van der Waals surface area contributed by atoms with E-state index in [4.69, 9.17) is 10.5 Å². The monoisotopic (exact) mass is 431 g/mol. The van der Waals surface area contributed by atoms with E-state index in [2.05, 4.69) is 16.4 Å². The van der Waals surface area contributed by atoms with Crippen LogP contribution in [-0.2, 0) is 4.79 Å². The highest BCUT2D eigenvalue weighted by atomic mass is 32.2. The molecular weight excluding hydrogens is 410 g/mol. The van der Waals surface area contributed by atoms with Gasteiger partial charge in [-0.3, -0.25) is 9.69 Å². The Morgan fingerprint density at radius 3 is 2.68 bits per heavy atom. The Hall–Kier alpha value is -3.70. The first-order valence-corrected chi connectivity index (χ1v) is 10.4. The Morgan fingerprint density at radius 1 is 1.26 bits per heavy atom. The molecule has 0 radical (unpaired) electrons. The van der Waals surface area contributed by atoms with Crippen LogP contribution in [0.4, 0.5) is 5.69 Å². The van der Waals surface area contributed by atoms with E-state index in [-0.39, 0.29) is 11.7 Å². The summed E-state index contributed by atoms with van der Waals surface area (Å²) in [7, 11) is 1.61. The van der Waals surface area contributed by atoms with Gasteiger partial charge < -0.3 is 15.8 Å². The number of ether oxygens (including phenoxy) is 1. The number of nitrogens with two attached hydrogens (primary N) is 1. The number of amides is 1. The molecular formula is C23H21N5O2S. The number of carbonyl (C=O) groups excluding carboxylic acids is 1. The van der Waals surface area contributed by atoms with Gasteiger partial charge in [0.1, 0.15) is 22.5 Å². The molecule has 2 aromatic carbocycles. The highest BCUT2D eigenvalue weighted by molar-refractivity contribution is 8.17. The van der Waals surface area contributed by atoms with Crippen LogP contribution in [0.3, 0.4) is 0 Å². The third-order valence-corrected chi connectivity index (χ3v) is 6.18. The van der Waals surface area contributed by atoms with Gasteiger partial charge in [0.2, 0.25) is 0 Å². The standard InChI is InChI=1S/C23H21N5O2S/c1-13-9-10-15(11-17(13)30-3)20-19(22(29)27-16-7-5-4-6-8-16)14(2)26-23-28(20)21(25)18(12-24)31-23/h4-11,20H,25H2,1-3H3,(H,27,29)/t20-/m1/s1. The number of benzene rings is 2. The van der Waals surface area contributed by atoms with Crippen molar-refractivity contribution in [1.82, 2.24) is 4.90 Å². The summed E-state index contributed by atoms with van der Waals surface area (Å²) >= 11 is 1.21. The number of methoxy groups -OCH3 is 1. The molecule has 0 aliphatic carbocycles. The second kappa shape index (κ2) is 8.20. The Balaban J connectivity index is 1.85. The minimum atomic E-state index is -0.552. The number of aliphatic imine (C=N–C) groups is 1. The second-order valence-corrected chi connectivity index (χ2v) is 8.12. The molecule has 0 fully saturated rings. The summed E-state index contributed by atoms with van der Waals surface area (Å²) in [5, 5.41) is 13.0. The number of amidine groups is 1. The number of aryl methyl sites for hydroxylation is 1. The van der Waals surface area contributed by atoms with Crippen molar-refractivity contribution in [3.8, 4) is 11.8 Å². The number of nitrogens with zero attached hydrogens (tertiary/aromatic N) is 3. The first-order valence-electron chi connectivity index (χ1n) is 9.62. The van der Waals surface area contributed by atoms with Gasteiger partial charge in [-0.1, -0.05) is 30.3 Å². The van der Waals surface area contributed by atoms with Crippen molar-refractivity contribution in [1.29, 1.82) is 5.26 Å². The minimum absolute atomic E-state index is 0.278. The van der Waals surface area contributed by atoms with Crippen molar-refractivity contribution in [3.05, 3.63) is 81.7 Å². The fraction of sp³-hybridized carbons (Fsp3) is 0.174. The highest BCUT2D eigenvalue weighted by Gasteiger charge is 2.42. The van der Waals surface area contributed by atoms with E-state index in [1.54, 1.807) is 18.9 Å². The summed E-state index contributed by atoms with van der Waals surface area (Å²) in [6.07, 6.45) is 0. The topological polar surface area (TPSA) is 104 Å². The lowest BCUT2D eigenvalue weighted by molar-refractivity contribution is -0.113. The molecule has 0 saturated carbocycles. The molecule has 2 aliphatic heterocycles. The summed E-state index contributed by atoms with van der Waals surface area (Å²) in [4.78, 5) is 20.1. The van der Waals surface area contributed by atoms with Gasteiger partial charge in [-0.25, -0.2) is 4.99 Å². The Morgan fingerprint density at radius 2 is 2.00 bits per heavy atom. The van der Waals surface area contributed by atoms with E-state index >= 15 is 0 Å². The van der Waals surface area contributed by atoms with Crippen LogP contribution in [0, 0.1) is 18.3 Å². The van der Waals surface area contributed by atoms with Crippen LogP contribution >= 0.6 is 11.8 Å². The number of allylic oxidation sites excluding steroid dienone is 2. The Bertz CT molecular complexity index is 1190. The molecule has 0 unspecified atom stereocenters. The number of para-hydroxylation sites is 1. The predicted molar refractivity (Wildman–Crippen MR) is 122 cm³/mol. The average Bonchev–Trinajstić information content (AvgIpc) is 3.08. The first kappa shape index (κ1) is 20.6. The third-order valence-electron chi connectivity index (χ3n) is 5.20. The molecule has 2 aromatic rings. The summed E-state index contributed by atoms with van der Waals surface area (Å²) in [6, 6.07) is 16.6. The molecule has 4 rings (SSSR count). The lowest BCUT2D eigenvalue weighted by Gasteiger charge is -2.35. The van der Waals surface area contributed by atoms with Crippen LogP contribution < -0.4 is 15.8 Å². The summed E-state index contributed by atoms with van der Waals surface area (Å²) in [5.41, 5.74) is 9.83. The van der Waals surface area contributed by atoms with E-state index in [9.17, 15) is 10.1 Å². The largest absolute Gasteiger partial charge is 0.496 e. The van der Waals surface area contributed by atoms with Crippen molar-refractivity contribution in [2.24, 2.45) is 10.7 Å². The summed E-state index contributed by atoms with van der Waals surface area (Å²) in [6.45, 7) is 3.75. The zero-order valence-electron chi connectivity index (χ0n) is 17.3. The molecule has 0 spiro atoms. The molecule has 0 aromatic heterocycles. The first-order chi connectivity index (χ1) is 14.9. The molecule has 0 saturated heterocycles. The molecule has 7 nitrogen and oxygen atoms in total. The van der Waals surface area contributed by atoms with Gasteiger partial charge in [0.05, 0.1) is 24.4 Å². The Kier molecular flexibility index (Phi) is 5.44. The number of hydrogen-bond donors (Lipinski definition) is 2. The number of nitriles is 1. The quantitative estimate of drug-likeness (QED) is 0.758. The third kappa shape index (κ3) is 3.64. The van der Waals surface area contributed by atoms with Gasteiger partial charge in [-0.05, 0) is 54.9 Å². The van der Waals surface area contributed by atoms with Crippen molar-refractivity contribution in [2.45, 2.75) is 19.9 Å². The SMILES string of the molecule is COc1cc([C@@H]2C(C(=O)Nc3ccccc3)=C(C)N=C3SC(C#N)=C(N)N32)ccc1C. The van der Waals surface area contributed by atoms with E-state index in [1.165, 1.54) is 11.8 Å². The van der Waals surface area contributed by atoms with Crippen LogP contribution in [0.25, 0.3) is 0 Å². The maximum atomic E-state index is 13.4.